The molecule has 1 aliphatic carbocycles. The van der Waals surface area contributed by atoms with Crippen molar-refractivity contribution in [1.82, 2.24) is 4.98 Å². The Hall–Kier alpha value is -1.22. The van der Waals surface area contributed by atoms with Crippen LogP contribution >= 0.6 is 11.8 Å². The van der Waals surface area contributed by atoms with Crippen LogP contribution in [0.25, 0.3) is 10.8 Å². The first kappa shape index (κ1) is 12.8. The number of hydrogen-bond acceptors (Lipinski definition) is 3. The van der Waals surface area contributed by atoms with E-state index < -0.39 is 0 Å². The number of benzene rings is 1. The summed E-state index contributed by atoms with van der Waals surface area (Å²) in [6.07, 6.45) is 7.54. The lowest BCUT2D eigenvalue weighted by Gasteiger charge is -2.12. The van der Waals surface area contributed by atoms with Crippen molar-refractivity contribution in [3.8, 4) is 0 Å². The van der Waals surface area contributed by atoms with Crippen molar-refractivity contribution in [1.29, 1.82) is 0 Å². The maximum Gasteiger partial charge on any atom is 0.0410 e. The minimum absolute atomic E-state index is 0.827. The Kier molecular flexibility index (Phi) is 3.65. The van der Waals surface area contributed by atoms with Gasteiger partial charge in [0.1, 0.15) is 0 Å². The molecule has 3 heteroatoms. The first-order chi connectivity index (χ1) is 9.24. The van der Waals surface area contributed by atoms with E-state index in [4.69, 9.17) is 5.73 Å². The molecule has 1 saturated carbocycles. The monoisotopic (exact) mass is 272 g/mol. The van der Waals surface area contributed by atoms with Crippen LogP contribution in [0.3, 0.4) is 0 Å². The molecular formula is C16H20N2S. The first-order valence-corrected chi connectivity index (χ1v) is 8.00. The number of nitrogens with zero attached hydrogens (tertiary/aromatic N) is 1. The Morgan fingerprint density at radius 3 is 2.84 bits per heavy atom. The summed E-state index contributed by atoms with van der Waals surface area (Å²) in [5.41, 5.74) is 7.93. The highest BCUT2D eigenvalue weighted by atomic mass is 32.2. The molecule has 2 N–H and O–H groups in total. The zero-order chi connectivity index (χ0) is 13.2. The van der Waals surface area contributed by atoms with Crippen molar-refractivity contribution >= 4 is 28.2 Å². The second kappa shape index (κ2) is 5.41. The molecular weight excluding hydrogens is 252 g/mol. The molecule has 1 aliphatic rings. The van der Waals surface area contributed by atoms with Gasteiger partial charge in [-0.1, -0.05) is 12.8 Å². The van der Waals surface area contributed by atoms with E-state index in [-0.39, 0.29) is 0 Å². The molecule has 19 heavy (non-hydrogen) atoms. The van der Waals surface area contributed by atoms with Crippen LogP contribution in [-0.4, -0.2) is 10.7 Å². The van der Waals surface area contributed by atoms with Crippen LogP contribution in [0.5, 0.6) is 0 Å². The van der Waals surface area contributed by atoms with Crippen LogP contribution < -0.4 is 5.73 Å². The molecule has 1 aromatic heterocycles. The van der Waals surface area contributed by atoms with Gasteiger partial charge in [0.25, 0.3) is 0 Å². The third kappa shape index (κ3) is 2.71. The number of nitrogen functional groups attached to an aromatic ring is 1. The van der Waals surface area contributed by atoms with Crippen LogP contribution in [0.15, 0.2) is 29.3 Å². The molecule has 0 atom stereocenters. The molecule has 0 amide bonds. The van der Waals surface area contributed by atoms with Gasteiger partial charge in [-0.15, -0.1) is 11.8 Å². The van der Waals surface area contributed by atoms with Crippen LogP contribution in [0, 0.1) is 12.8 Å². The average molecular weight is 272 g/mol. The first-order valence-electron chi connectivity index (χ1n) is 7.01. The molecule has 100 valence electrons. The second-order valence-electron chi connectivity index (χ2n) is 5.49. The normalized spacial score (nSPS) is 16.3. The number of rotatable bonds is 3. The zero-order valence-corrected chi connectivity index (χ0v) is 12.2. The van der Waals surface area contributed by atoms with Gasteiger partial charge < -0.3 is 5.73 Å². The molecule has 1 heterocycles. The fourth-order valence-corrected chi connectivity index (χ4v) is 4.09. The van der Waals surface area contributed by atoms with E-state index in [1.807, 2.05) is 30.9 Å². The molecule has 3 rings (SSSR count). The fourth-order valence-electron chi connectivity index (χ4n) is 2.85. The van der Waals surface area contributed by atoms with Crippen molar-refractivity contribution in [3.05, 3.63) is 30.1 Å². The van der Waals surface area contributed by atoms with Crippen molar-refractivity contribution in [2.75, 3.05) is 11.5 Å². The SMILES string of the molecule is Cc1cc2c(SCC3CCCC3)ccc(N)c2cn1. The molecule has 2 nitrogen and oxygen atoms in total. The highest BCUT2D eigenvalue weighted by Gasteiger charge is 2.16. The smallest absolute Gasteiger partial charge is 0.0410 e. The summed E-state index contributed by atoms with van der Waals surface area (Å²) >= 11 is 1.98. The lowest BCUT2D eigenvalue weighted by atomic mass is 10.1. The number of hydrogen-bond donors (Lipinski definition) is 1. The van der Waals surface area contributed by atoms with Gasteiger partial charge in [0.15, 0.2) is 0 Å². The molecule has 1 fully saturated rings. The zero-order valence-electron chi connectivity index (χ0n) is 11.4. The summed E-state index contributed by atoms with van der Waals surface area (Å²) in [6, 6.07) is 6.33. The lowest BCUT2D eigenvalue weighted by Crippen LogP contribution is -1.97. The highest BCUT2D eigenvalue weighted by Crippen LogP contribution is 2.35. The number of nitrogens with two attached hydrogens (primary N) is 1. The Labute approximate surface area is 118 Å². The van der Waals surface area contributed by atoms with Gasteiger partial charge in [-0.3, -0.25) is 4.98 Å². The van der Waals surface area contributed by atoms with Gasteiger partial charge in [-0.25, -0.2) is 0 Å². The van der Waals surface area contributed by atoms with E-state index in [0.717, 1.165) is 22.7 Å². The van der Waals surface area contributed by atoms with Crippen LogP contribution in [0.1, 0.15) is 31.4 Å². The van der Waals surface area contributed by atoms with E-state index in [1.165, 1.54) is 41.7 Å². The van der Waals surface area contributed by atoms with Crippen LogP contribution in [0.2, 0.25) is 0 Å². The molecule has 0 aliphatic heterocycles. The Bertz CT molecular complexity index is 589. The van der Waals surface area contributed by atoms with E-state index >= 15 is 0 Å². The van der Waals surface area contributed by atoms with E-state index in [1.54, 1.807) is 0 Å². The molecule has 1 aromatic carbocycles. The van der Waals surface area contributed by atoms with Crippen molar-refractivity contribution in [2.24, 2.45) is 5.92 Å². The third-order valence-electron chi connectivity index (χ3n) is 3.98. The Morgan fingerprint density at radius 1 is 1.26 bits per heavy atom. The highest BCUT2D eigenvalue weighted by molar-refractivity contribution is 7.99. The number of aryl methyl sites for hydroxylation is 1. The molecule has 0 spiro atoms. The molecule has 0 bridgehead atoms. The van der Waals surface area contributed by atoms with Crippen molar-refractivity contribution in [3.63, 3.8) is 0 Å². The predicted octanol–water partition coefficient (Wildman–Crippen LogP) is 4.41. The van der Waals surface area contributed by atoms with Gasteiger partial charge in [0, 0.05) is 39.0 Å². The van der Waals surface area contributed by atoms with E-state index in [0.29, 0.717) is 0 Å². The third-order valence-corrected chi connectivity index (χ3v) is 5.29. The summed E-state index contributed by atoms with van der Waals surface area (Å²) < 4.78 is 0. The fraction of sp³-hybridized carbons (Fsp3) is 0.438. The molecule has 0 saturated heterocycles. The number of anilines is 1. The van der Waals surface area contributed by atoms with Crippen molar-refractivity contribution < 1.29 is 0 Å². The van der Waals surface area contributed by atoms with Crippen LogP contribution in [0.4, 0.5) is 5.69 Å². The average Bonchev–Trinajstić information content (AvgIpc) is 2.91. The van der Waals surface area contributed by atoms with Crippen LogP contribution in [-0.2, 0) is 0 Å². The van der Waals surface area contributed by atoms with E-state index in [2.05, 4.69) is 17.1 Å². The maximum atomic E-state index is 6.04. The second-order valence-corrected chi connectivity index (χ2v) is 6.55. The number of fused-ring (bicyclic) bond motifs is 1. The summed E-state index contributed by atoms with van der Waals surface area (Å²) in [4.78, 5) is 5.71. The molecule has 2 aromatic rings. The van der Waals surface area contributed by atoms with Gasteiger partial charge >= 0.3 is 0 Å². The number of aromatic nitrogens is 1. The summed E-state index contributed by atoms with van der Waals surface area (Å²) in [5.74, 6) is 2.14. The van der Waals surface area contributed by atoms with Gasteiger partial charge in [0.2, 0.25) is 0 Å². The minimum Gasteiger partial charge on any atom is -0.398 e. The maximum absolute atomic E-state index is 6.04. The van der Waals surface area contributed by atoms with Gasteiger partial charge in [-0.2, -0.15) is 0 Å². The number of thioether (sulfide) groups is 1. The standard InChI is InChI=1S/C16H20N2S/c1-11-8-13-14(9-18-11)15(17)6-7-16(13)19-10-12-4-2-3-5-12/h6-9,12H,2-5,10,17H2,1H3. The summed E-state index contributed by atoms with van der Waals surface area (Å²) in [5, 5.41) is 2.34. The minimum atomic E-state index is 0.827. The largest absolute Gasteiger partial charge is 0.398 e. The molecule has 0 radical (unpaired) electrons. The summed E-state index contributed by atoms with van der Waals surface area (Å²) in [6.45, 7) is 2.04. The lowest BCUT2D eigenvalue weighted by molar-refractivity contribution is 0.623. The Balaban J connectivity index is 1.89. The topological polar surface area (TPSA) is 38.9 Å². The predicted molar refractivity (Wildman–Crippen MR) is 83.6 cm³/mol. The van der Waals surface area contributed by atoms with Crippen molar-refractivity contribution in [2.45, 2.75) is 37.5 Å². The Morgan fingerprint density at radius 2 is 2.05 bits per heavy atom. The number of pyridine rings is 1. The van der Waals surface area contributed by atoms with Gasteiger partial charge in [0.05, 0.1) is 0 Å². The molecule has 0 unspecified atom stereocenters. The summed E-state index contributed by atoms with van der Waals surface area (Å²) in [7, 11) is 0. The quantitative estimate of drug-likeness (QED) is 0.664. The van der Waals surface area contributed by atoms with Gasteiger partial charge in [-0.05, 0) is 43.9 Å². The van der Waals surface area contributed by atoms with E-state index in [9.17, 15) is 0 Å².